The number of benzene rings is 1. The predicted molar refractivity (Wildman–Crippen MR) is 76.5 cm³/mol. The molecule has 0 aliphatic rings. The lowest BCUT2D eigenvalue weighted by Gasteiger charge is -2.08. The van der Waals surface area contributed by atoms with Crippen LogP contribution in [0.25, 0.3) is 0 Å². The van der Waals surface area contributed by atoms with Gasteiger partial charge in [0.2, 0.25) is 0 Å². The molecule has 0 aliphatic heterocycles. The summed E-state index contributed by atoms with van der Waals surface area (Å²) in [4.78, 5) is 11.1. The quantitative estimate of drug-likeness (QED) is 0.570. The van der Waals surface area contributed by atoms with Gasteiger partial charge < -0.3 is 8.92 Å². The van der Waals surface area contributed by atoms with Gasteiger partial charge in [-0.15, -0.1) is 0 Å². The maximum atomic E-state index is 11.7. The van der Waals surface area contributed by atoms with Gasteiger partial charge in [0.05, 0.1) is 12.4 Å². The fraction of sp³-hybridized carbons (Fsp3) is 0.462. The van der Waals surface area contributed by atoms with Crippen molar-refractivity contribution in [2.24, 2.45) is 0 Å². The molecule has 0 spiro atoms. The summed E-state index contributed by atoms with van der Waals surface area (Å²) in [6.45, 7) is 3.73. The van der Waals surface area contributed by atoms with Gasteiger partial charge in [-0.3, -0.25) is 4.79 Å². The first-order valence-electron chi connectivity index (χ1n) is 6.18. The lowest BCUT2D eigenvalue weighted by molar-refractivity contribution is -0.143. The third kappa shape index (κ3) is 5.79. The summed E-state index contributed by atoms with van der Waals surface area (Å²) in [5, 5.41) is 0.539. The van der Waals surface area contributed by atoms with Crippen LogP contribution < -0.4 is 4.18 Å². The lowest BCUT2D eigenvalue weighted by atomic mass is 10.2. The van der Waals surface area contributed by atoms with Crippen LogP contribution in [0.1, 0.15) is 25.3 Å². The number of rotatable bonds is 7. The molecular weight excluding hydrogens is 304 g/mol. The molecule has 0 amide bonds. The molecule has 0 bridgehead atoms. The Labute approximate surface area is 124 Å². The van der Waals surface area contributed by atoms with Crippen molar-refractivity contribution in [3.63, 3.8) is 0 Å². The normalized spacial score (nSPS) is 11.2. The van der Waals surface area contributed by atoms with Crippen LogP contribution in [0, 0.1) is 6.92 Å². The first-order valence-corrected chi connectivity index (χ1v) is 8.13. The van der Waals surface area contributed by atoms with Crippen LogP contribution in [0.15, 0.2) is 18.2 Å². The van der Waals surface area contributed by atoms with E-state index in [0.717, 1.165) is 5.56 Å². The molecule has 0 saturated carbocycles. The SMILES string of the molecule is CCOC(=O)CCCS(=O)(=O)Oc1ccc(Cl)c(C)c1. The molecule has 20 heavy (non-hydrogen) atoms. The topological polar surface area (TPSA) is 69.7 Å². The number of esters is 1. The fourth-order valence-corrected chi connectivity index (χ4v) is 2.58. The third-order valence-electron chi connectivity index (χ3n) is 2.43. The van der Waals surface area contributed by atoms with Gasteiger partial charge in [0.1, 0.15) is 5.75 Å². The van der Waals surface area contributed by atoms with Gasteiger partial charge in [-0.25, -0.2) is 0 Å². The molecule has 0 radical (unpaired) electrons. The molecule has 1 aromatic rings. The molecule has 0 heterocycles. The summed E-state index contributed by atoms with van der Waals surface area (Å²) in [6, 6.07) is 4.60. The van der Waals surface area contributed by atoms with E-state index in [1.807, 2.05) is 0 Å². The molecule has 7 heteroatoms. The number of carbonyl (C=O) groups is 1. The minimum Gasteiger partial charge on any atom is -0.466 e. The zero-order chi connectivity index (χ0) is 15.2. The number of hydrogen-bond acceptors (Lipinski definition) is 5. The highest BCUT2D eigenvalue weighted by atomic mass is 35.5. The van der Waals surface area contributed by atoms with Crippen LogP contribution in [0.5, 0.6) is 5.75 Å². The van der Waals surface area contributed by atoms with Crippen LogP contribution in [-0.2, 0) is 19.6 Å². The number of halogens is 1. The van der Waals surface area contributed by atoms with Crippen LogP contribution in [0.2, 0.25) is 5.02 Å². The Morgan fingerprint density at radius 1 is 1.35 bits per heavy atom. The standard InChI is InChI=1S/C13H17ClO5S/c1-3-18-13(15)5-4-8-20(16,17)19-11-6-7-12(14)10(2)9-11/h6-7,9H,3-5,8H2,1-2H3. The van der Waals surface area contributed by atoms with Gasteiger partial charge in [-0.1, -0.05) is 11.6 Å². The number of carbonyl (C=O) groups excluding carboxylic acids is 1. The molecule has 0 unspecified atom stereocenters. The Balaban J connectivity index is 2.53. The van der Waals surface area contributed by atoms with Crippen LogP contribution in [0.3, 0.4) is 0 Å². The highest BCUT2D eigenvalue weighted by Crippen LogP contribution is 2.22. The van der Waals surface area contributed by atoms with E-state index in [-0.39, 0.29) is 31.0 Å². The maximum Gasteiger partial charge on any atom is 0.309 e. The van der Waals surface area contributed by atoms with E-state index >= 15 is 0 Å². The highest BCUT2D eigenvalue weighted by Gasteiger charge is 2.14. The van der Waals surface area contributed by atoms with Crippen LogP contribution in [0.4, 0.5) is 0 Å². The molecule has 112 valence electrons. The van der Waals surface area contributed by atoms with Crippen molar-refractivity contribution in [3.05, 3.63) is 28.8 Å². The minimum absolute atomic E-state index is 0.0517. The Morgan fingerprint density at radius 3 is 2.65 bits per heavy atom. The predicted octanol–water partition coefficient (Wildman–Crippen LogP) is 2.70. The largest absolute Gasteiger partial charge is 0.466 e. The van der Waals surface area contributed by atoms with Gasteiger partial charge in [0.25, 0.3) is 0 Å². The monoisotopic (exact) mass is 320 g/mol. The van der Waals surface area contributed by atoms with Crippen molar-refractivity contribution in [3.8, 4) is 5.75 Å². The van der Waals surface area contributed by atoms with Crippen molar-refractivity contribution >= 4 is 27.7 Å². The Kier molecular flexibility index (Phi) is 6.29. The molecule has 0 atom stereocenters. The zero-order valence-corrected chi connectivity index (χ0v) is 13.0. The second-order valence-electron chi connectivity index (χ2n) is 4.16. The molecule has 5 nitrogen and oxygen atoms in total. The van der Waals surface area contributed by atoms with Crippen molar-refractivity contribution < 1.29 is 22.1 Å². The molecular formula is C13H17ClO5S. The second-order valence-corrected chi connectivity index (χ2v) is 6.26. The molecule has 0 saturated heterocycles. The van der Waals surface area contributed by atoms with E-state index < -0.39 is 16.1 Å². The van der Waals surface area contributed by atoms with E-state index in [9.17, 15) is 13.2 Å². The van der Waals surface area contributed by atoms with Crippen LogP contribution >= 0.6 is 11.6 Å². The molecule has 0 aromatic heterocycles. The van der Waals surface area contributed by atoms with Gasteiger partial charge in [0.15, 0.2) is 0 Å². The maximum absolute atomic E-state index is 11.7. The summed E-state index contributed by atoms with van der Waals surface area (Å²) in [7, 11) is -3.73. The lowest BCUT2D eigenvalue weighted by Crippen LogP contribution is -2.15. The first kappa shape index (κ1) is 16.8. The molecule has 0 aliphatic carbocycles. The molecule has 1 rings (SSSR count). The minimum atomic E-state index is -3.73. The highest BCUT2D eigenvalue weighted by molar-refractivity contribution is 7.87. The van der Waals surface area contributed by atoms with Gasteiger partial charge in [0, 0.05) is 11.4 Å². The van der Waals surface area contributed by atoms with Crippen molar-refractivity contribution in [1.82, 2.24) is 0 Å². The van der Waals surface area contributed by atoms with Gasteiger partial charge >= 0.3 is 16.1 Å². The number of ether oxygens (including phenoxy) is 1. The molecule has 0 fully saturated rings. The summed E-state index contributed by atoms with van der Waals surface area (Å²) >= 11 is 5.84. The number of aryl methyl sites for hydroxylation is 1. The first-order chi connectivity index (χ1) is 9.34. The third-order valence-corrected chi connectivity index (χ3v) is 4.09. The van der Waals surface area contributed by atoms with Crippen LogP contribution in [-0.4, -0.2) is 26.7 Å². The van der Waals surface area contributed by atoms with Gasteiger partial charge in [-0.2, -0.15) is 8.42 Å². The Bertz CT molecular complexity index is 568. The summed E-state index contributed by atoms with van der Waals surface area (Å²) in [6.07, 6.45) is 0.212. The van der Waals surface area contributed by atoms with E-state index in [0.29, 0.717) is 5.02 Å². The Morgan fingerprint density at radius 2 is 2.05 bits per heavy atom. The Hall–Kier alpha value is -1.27. The van der Waals surface area contributed by atoms with Crippen molar-refractivity contribution in [2.75, 3.05) is 12.4 Å². The molecule has 0 N–H and O–H groups in total. The second kappa shape index (κ2) is 7.50. The average molecular weight is 321 g/mol. The summed E-state index contributed by atoms with van der Waals surface area (Å²) in [5.74, 6) is -0.443. The summed E-state index contributed by atoms with van der Waals surface area (Å²) in [5.41, 5.74) is 0.728. The number of hydrogen-bond donors (Lipinski definition) is 0. The molecule has 1 aromatic carbocycles. The summed E-state index contributed by atoms with van der Waals surface area (Å²) < 4.78 is 33.1. The average Bonchev–Trinajstić information content (AvgIpc) is 2.33. The van der Waals surface area contributed by atoms with Gasteiger partial charge in [-0.05, 0) is 44.0 Å². The fourth-order valence-electron chi connectivity index (χ4n) is 1.48. The zero-order valence-electron chi connectivity index (χ0n) is 11.4. The van der Waals surface area contributed by atoms with E-state index in [1.165, 1.54) is 6.07 Å². The van der Waals surface area contributed by atoms with E-state index in [4.69, 9.17) is 20.5 Å². The van der Waals surface area contributed by atoms with Crippen molar-refractivity contribution in [2.45, 2.75) is 26.7 Å². The van der Waals surface area contributed by atoms with E-state index in [2.05, 4.69) is 0 Å². The van der Waals surface area contributed by atoms with Crippen molar-refractivity contribution in [1.29, 1.82) is 0 Å². The van der Waals surface area contributed by atoms with E-state index in [1.54, 1.807) is 26.0 Å². The smallest absolute Gasteiger partial charge is 0.309 e.